The van der Waals surface area contributed by atoms with E-state index in [1.807, 2.05) is 36.4 Å². The number of fused-ring (bicyclic) bond motifs is 1. The molecule has 0 unspecified atom stereocenters. The Labute approximate surface area is 168 Å². The second-order valence-electron chi connectivity index (χ2n) is 6.72. The molecule has 2 aromatic heterocycles. The molecule has 1 aromatic carbocycles. The molecule has 146 valence electrons. The molecule has 0 amide bonds. The van der Waals surface area contributed by atoms with E-state index in [1.54, 1.807) is 13.1 Å². The van der Waals surface area contributed by atoms with Crippen LogP contribution in [0.15, 0.2) is 47.0 Å². The number of para-hydroxylation sites is 1. The Bertz CT molecular complexity index is 963. The molecule has 1 aliphatic rings. The number of esters is 1. The van der Waals surface area contributed by atoms with Crippen LogP contribution in [0.2, 0.25) is 5.02 Å². The third-order valence-corrected chi connectivity index (χ3v) is 5.17. The molecule has 0 saturated carbocycles. The SMILES string of the molecule is CCOC(=O)c1oc2ccccc2c1CN1CCN(c2ccc(Cl)cn2)CC1. The molecular weight excluding hydrogens is 378 g/mol. The second kappa shape index (κ2) is 8.20. The number of carbonyl (C=O) groups is 1. The Hall–Kier alpha value is -2.57. The van der Waals surface area contributed by atoms with E-state index in [2.05, 4.69) is 14.8 Å². The van der Waals surface area contributed by atoms with E-state index in [-0.39, 0.29) is 0 Å². The predicted octanol–water partition coefficient (Wildman–Crippen LogP) is 3.98. The Morgan fingerprint density at radius 1 is 1.18 bits per heavy atom. The fraction of sp³-hybridized carbons (Fsp3) is 0.333. The molecule has 7 heteroatoms. The van der Waals surface area contributed by atoms with E-state index < -0.39 is 5.97 Å². The van der Waals surface area contributed by atoms with Crippen molar-refractivity contribution in [1.29, 1.82) is 0 Å². The van der Waals surface area contributed by atoms with Gasteiger partial charge in [0.25, 0.3) is 0 Å². The molecule has 1 aliphatic heterocycles. The van der Waals surface area contributed by atoms with Crippen molar-refractivity contribution < 1.29 is 13.9 Å². The third kappa shape index (κ3) is 3.84. The minimum absolute atomic E-state index is 0.310. The number of piperazine rings is 1. The first kappa shape index (κ1) is 18.8. The predicted molar refractivity (Wildman–Crippen MR) is 109 cm³/mol. The van der Waals surface area contributed by atoms with Gasteiger partial charge in [0.1, 0.15) is 11.4 Å². The summed E-state index contributed by atoms with van der Waals surface area (Å²) in [6.45, 7) is 6.22. The number of furan rings is 1. The van der Waals surface area contributed by atoms with Crippen LogP contribution < -0.4 is 4.90 Å². The molecular formula is C21H22ClN3O3. The molecule has 3 heterocycles. The maximum absolute atomic E-state index is 12.4. The summed E-state index contributed by atoms with van der Waals surface area (Å²) in [4.78, 5) is 21.3. The number of halogens is 1. The van der Waals surface area contributed by atoms with E-state index >= 15 is 0 Å². The fourth-order valence-electron chi connectivity index (χ4n) is 3.53. The summed E-state index contributed by atoms with van der Waals surface area (Å²) in [5.74, 6) is 0.840. The number of benzene rings is 1. The lowest BCUT2D eigenvalue weighted by atomic mass is 10.1. The Balaban J connectivity index is 1.50. The molecule has 0 bridgehead atoms. The average Bonchev–Trinajstić information content (AvgIpc) is 3.08. The number of hydrogen-bond acceptors (Lipinski definition) is 6. The van der Waals surface area contributed by atoms with Crippen LogP contribution in [0.3, 0.4) is 0 Å². The van der Waals surface area contributed by atoms with Crippen molar-refractivity contribution in [1.82, 2.24) is 9.88 Å². The van der Waals surface area contributed by atoms with Gasteiger partial charge >= 0.3 is 5.97 Å². The van der Waals surface area contributed by atoms with Crippen LogP contribution in [0.5, 0.6) is 0 Å². The van der Waals surface area contributed by atoms with E-state index in [0.29, 0.717) is 29.5 Å². The normalized spacial score (nSPS) is 15.1. The smallest absolute Gasteiger partial charge is 0.374 e. The minimum Gasteiger partial charge on any atom is -0.460 e. The van der Waals surface area contributed by atoms with Gasteiger partial charge in [-0.3, -0.25) is 4.90 Å². The van der Waals surface area contributed by atoms with Crippen molar-refractivity contribution in [2.75, 3.05) is 37.7 Å². The van der Waals surface area contributed by atoms with E-state index in [1.165, 1.54) is 0 Å². The number of nitrogens with zero attached hydrogens (tertiary/aromatic N) is 3. The van der Waals surface area contributed by atoms with Crippen molar-refractivity contribution in [3.05, 3.63) is 58.9 Å². The molecule has 3 aromatic rings. The van der Waals surface area contributed by atoms with Gasteiger partial charge in [-0.15, -0.1) is 0 Å². The Kier molecular flexibility index (Phi) is 5.50. The summed E-state index contributed by atoms with van der Waals surface area (Å²) in [5.41, 5.74) is 1.61. The summed E-state index contributed by atoms with van der Waals surface area (Å²) < 4.78 is 11.0. The van der Waals surface area contributed by atoms with E-state index in [9.17, 15) is 4.79 Å². The van der Waals surface area contributed by atoms with E-state index in [4.69, 9.17) is 20.8 Å². The molecule has 0 atom stereocenters. The quantitative estimate of drug-likeness (QED) is 0.605. The lowest BCUT2D eigenvalue weighted by Crippen LogP contribution is -2.46. The third-order valence-electron chi connectivity index (χ3n) is 4.95. The van der Waals surface area contributed by atoms with Gasteiger partial charge in [-0.1, -0.05) is 29.8 Å². The highest BCUT2D eigenvalue weighted by Gasteiger charge is 2.25. The highest BCUT2D eigenvalue weighted by atomic mass is 35.5. The van der Waals surface area contributed by atoms with Gasteiger partial charge in [0.15, 0.2) is 0 Å². The minimum atomic E-state index is -0.405. The number of rotatable bonds is 5. The monoisotopic (exact) mass is 399 g/mol. The lowest BCUT2D eigenvalue weighted by molar-refractivity contribution is 0.0489. The van der Waals surface area contributed by atoms with Gasteiger partial charge in [0.2, 0.25) is 5.76 Å². The zero-order chi connectivity index (χ0) is 19.5. The molecule has 28 heavy (non-hydrogen) atoms. The van der Waals surface area contributed by atoms with Crippen LogP contribution in [-0.2, 0) is 11.3 Å². The molecule has 4 rings (SSSR count). The molecule has 0 N–H and O–H groups in total. The number of anilines is 1. The number of pyridine rings is 1. The van der Waals surface area contributed by atoms with Crippen molar-refractivity contribution in [2.24, 2.45) is 0 Å². The molecule has 0 radical (unpaired) electrons. The van der Waals surface area contributed by atoms with Crippen LogP contribution in [0.4, 0.5) is 5.82 Å². The second-order valence-corrected chi connectivity index (χ2v) is 7.16. The van der Waals surface area contributed by atoms with Crippen molar-refractivity contribution in [2.45, 2.75) is 13.5 Å². The maximum Gasteiger partial charge on any atom is 0.374 e. The number of hydrogen-bond donors (Lipinski definition) is 0. The highest BCUT2D eigenvalue weighted by Crippen LogP contribution is 2.28. The van der Waals surface area contributed by atoms with Gasteiger partial charge in [-0.2, -0.15) is 0 Å². The summed E-state index contributed by atoms with van der Waals surface area (Å²) in [6.07, 6.45) is 1.67. The Morgan fingerprint density at radius 3 is 2.68 bits per heavy atom. The molecule has 0 spiro atoms. The van der Waals surface area contributed by atoms with E-state index in [0.717, 1.165) is 42.9 Å². The maximum atomic E-state index is 12.4. The average molecular weight is 400 g/mol. The number of aromatic nitrogens is 1. The molecule has 0 aliphatic carbocycles. The lowest BCUT2D eigenvalue weighted by Gasteiger charge is -2.35. The first-order chi connectivity index (χ1) is 13.7. The van der Waals surface area contributed by atoms with Crippen LogP contribution in [0.25, 0.3) is 11.0 Å². The van der Waals surface area contributed by atoms with Gasteiger partial charge in [0.05, 0.1) is 11.6 Å². The van der Waals surface area contributed by atoms with Crippen molar-refractivity contribution in [3.63, 3.8) is 0 Å². The molecule has 1 saturated heterocycles. The Morgan fingerprint density at radius 2 is 1.96 bits per heavy atom. The topological polar surface area (TPSA) is 58.8 Å². The fourth-order valence-corrected chi connectivity index (χ4v) is 3.64. The van der Waals surface area contributed by atoms with Crippen LogP contribution in [0, 0.1) is 0 Å². The van der Waals surface area contributed by atoms with Crippen LogP contribution in [-0.4, -0.2) is 48.6 Å². The summed E-state index contributed by atoms with van der Waals surface area (Å²) in [5, 5.41) is 1.60. The molecule has 1 fully saturated rings. The zero-order valence-corrected chi connectivity index (χ0v) is 16.5. The standard InChI is InChI=1S/C21H22ClN3O3/c1-2-27-21(26)20-17(16-5-3-4-6-18(16)28-20)14-24-9-11-25(12-10-24)19-8-7-15(22)13-23-19/h3-8,13H,2,9-12,14H2,1H3. The van der Waals surface area contributed by atoms with Gasteiger partial charge < -0.3 is 14.1 Å². The van der Waals surface area contributed by atoms with Crippen molar-refractivity contribution >= 4 is 34.4 Å². The number of carbonyl (C=O) groups excluding carboxylic acids is 1. The largest absolute Gasteiger partial charge is 0.460 e. The summed E-state index contributed by atoms with van der Waals surface area (Å²) in [7, 11) is 0. The van der Waals surface area contributed by atoms with Crippen LogP contribution >= 0.6 is 11.6 Å². The molecule has 6 nitrogen and oxygen atoms in total. The summed E-state index contributed by atoms with van der Waals surface area (Å²) in [6, 6.07) is 11.5. The van der Waals surface area contributed by atoms with Gasteiger partial charge in [-0.05, 0) is 25.1 Å². The first-order valence-corrected chi connectivity index (χ1v) is 9.80. The van der Waals surface area contributed by atoms with Gasteiger partial charge in [0, 0.05) is 49.9 Å². The van der Waals surface area contributed by atoms with Crippen LogP contribution in [0.1, 0.15) is 23.0 Å². The first-order valence-electron chi connectivity index (χ1n) is 9.42. The van der Waals surface area contributed by atoms with Crippen molar-refractivity contribution in [3.8, 4) is 0 Å². The highest BCUT2D eigenvalue weighted by molar-refractivity contribution is 6.30. The number of ether oxygens (including phenoxy) is 1. The van der Waals surface area contributed by atoms with Gasteiger partial charge in [-0.25, -0.2) is 9.78 Å². The zero-order valence-electron chi connectivity index (χ0n) is 15.7. The summed E-state index contributed by atoms with van der Waals surface area (Å²) >= 11 is 5.93.